The number of rotatable bonds is 6. The Morgan fingerprint density at radius 1 is 1.07 bits per heavy atom. The van der Waals surface area contributed by atoms with Crippen LogP contribution < -0.4 is 15.6 Å². The monoisotopic (exact) mass is 373 g/mol. The third kappa shape index (κ3) is 4.83. The normalized spacial score (nSPS) is 10.0. The number of benzene rings is 2. The summed E-state index contributed by atoms with van der Waals surface area (Å²) >= 11 is 0. The summed E-state index contributed by atoms with van der Waals surface area (Å²) in [6, 6.07) is 18.0. The lowest BCUT2D eigenvalue weighted by molar-refractivity contribution is 0.0961. The van der Waals surface area contributed by atoms with Crippen LogP contribution in [0.3, 0.4) is 0 Å². The first-order valence-corrected chi connectivity index (χ1v) is 8.64. The summed E-state index contributed by atoms with van der Waals surface area (Å²) in [7, 11) is 0. The van der Waals surface area contributed by atoms with Gasteiger partial charge in [-0.3, -0.25) is 15.6 Å². The molecule has 0 aliphatic heterocycles. The molecule has 28 heavy (non-hydrogen) atoms. The highest BCUT2D eigenvalue weighted by molar-refractivity contribution is 5.95. The summed E-state index contributed by atoms with van der Waals surface area (Å²) < 4.78 is 5.74. The van der Waals surface area contributed by atoms with Crippen molar-refractivity contribution in [2.75, 3.05) is 5.43 Å². The zero-order chi connectivity index (χ0) is 19.9. The molecular formula is C21H19N5O2. The van der Waals surface area contributed by atoms with Gasteiger partial charge in [0, 0.05) is 22.5 Å². The summed E-state index contributed by atoms with van der Waals surface area (Å²) in [5.41, 5.74) is 8.67. The van der Waals surface area contributed by atoms with Gasteiger partial charge in [0.1, 0.15) is 12.4 Å². The zero-order valence-corrected chi connectivity index (χ0v) is 15.6. The molecule has 0 saturated carbocycles. The van der Waals surface area contributed by atoms with Gasteiger partial charge >= 0.3 is 0 Å². The van der Waals surface area contributed by atoms with Gasteiger partial charge in [-0.1, -0.05) is 24.3 Å². The maximum absolute atomic E-state index is 12.4. The number of aryl methyl sites for hydroxylation is 2. The number of carbonyl (C=O) groups is 1. The van der Waals surface area contributed by atoms with E-state index in [2.05, 4.69) is 26.9 Å². The van der Waals surface area contributed by atoms with Crippen LogP contribution in [0.15, 0.2) is 54.6 Å². The molecule has 1 heterocycles. The Morgan fingerprint density at radius 2 is 1.82 bits per heavy atom. The average molecular weight is 373 g/mol. The molecule has 2 aromatic carbocycles. The zero-order valence-electron chi connectivity index (χ0n) is 15.6. The summed E-state index contributed by atoms with van der Waals surface area (Å²) in [5, 5.41) is 9.14. The van der Waals surface area contributed by atoms with E-state index in [-0.39, 0.29) is 12.5 Å². The molecule has 0 saturated heterocycles. The molecule has 1 aromatic heterocycles. The molecule has 0 unspecified atom stereocenters. The van der Waals surface area contributed by atoms with E-state index in [1.807, 2.05) is 32.0 Å². The van der Waals surface area contributed by atoms with Crippen LogP contribution in [0, 0.1) is 25.2 Å². The molecule has 0 spiro atoms. The van der Waals surface area contributed by atoms with Crippen molar-refractivity contribution in [3.63, 3.8) is 0 Å². The molecule has 0 bridgehead atoms. The van der Waals surface area contributed by atoms with Crippen molar-refractivity contribution in [3.05, 3.63) is 82.7 Å². The molecule has 7 nitrogen and oxygen atoms in total. The molecule has 0 aliphatic carbocycles. The Morgan fingerprint density at radius 3 is 2.57 bits per heavy atom. The fraction of sp³-hybridized carbons (Fsp3) is 0.143. The van der Waals surface area contributed by atoms with E-state index < -0.39 is 0 Å². The van der Waals surface area contributed by atoms with Crippen molar-refractivity contribution in [1.82, 2.24) is 15.4 Å². The second-order valence-corrected chi connectivity index (χ2v) is 6.14. The predicted octanol–water partition coefficient (Wildman–Crippen LogP) is 3.30. The largest absolute Gasteiger partial charge is 0.489 e. The van der Waals surface area contributed by atoms with Gasteiger partial charge in [-0.2, -0.15) is 5.26 Å². The van der Waals surface area contributed by atoms with Crippen LogP contribution in [-0.2, 0) is 6.61 Å². The smallest absolute Gasteiger partial charge is 0.269 e. The molecule has 0 radical (unpaired) electrons. The van der Waals surface area contributed by atoms with E-state index in [0.29, 0.717) is 22.8 Å². The Labute approximate surface area is 163 Å². The molecule has 7 heteroatoms. The molecule has 1 amide bonds. The summed E-state index contributed by atoms with van der Waals surface area (Å²) in [5.74, 6) is 0.514. The van der Waals surface area contributed by atoms with Crippen molar-refractivity contribution in [2.45, 2.75) is 20.5 Å². The van der Waals surface area contributed by atoms with E-state index >= 15 is 0 Å². The molecule has 3 aromatic rings. The number of nitrogens with one attached hydrogen (secondary N) is 2. The van der Waals surface area contributed by atoms with Crippen LogP contribution in [0.4, 0.5) is 5.95 Å². The van der Waals surface area contributed by atoms with Crippen molar-refractivity contribution in [2.24, 2.45) is 0 Å². The van der Waals surface area contributed by atoms with E-state index in [4.69, 9.17) is 10.00 Å². The van der Waals surface area contributed by atoms with Gasteiger partial charge in [0.2, 0.25) is 5.95 Å². The summed E-state index contributed by atoms with van der Waals surface area (Å²) in [6.07, 6.45) is 0. The molecule has 2 N–H and O–H groups in total. The predicted molar refractivity (Wildman–Crippen MR) is 105 cm³/mol. The van der Waals surface area contributed by atoms with Gasteiger partial charge in [-0.05, 0) is 44.2 Å². The lowest BCUT2D eigenvalue weighted by Gasteiger charge is -2.10. The van der Waals surface area contributed by atoms with Gasteiger partial charge in [0.15, 0.2) is 0 Å². The van der Waals surface area contributed by atoms with Crippen molar-refractivity contribution >= 4 is 11.9 Å². The SMILES string of the molecule is Cc1cc(C)nc(NNC(=O)c2cccc(OCc3ccccc3C#N)c2)n1. The van der Waals surface area contributed by atoms with Crippen molar-refractivity contribution in [3.8, 4) is 11.8 Å². The molecule has 140 valence electrons. The number of hydrogen-bond donors (Lipinski definition) is 2. The van der Waals surface area contributed by atoms with Crippen LogP contribution in [0.25, 0.3) is 0 Å². The maximum atomic E-state index is 12.4. The molecule has 0 fully saturated rings. The van der Waals surface area contributed by atoms with E-state index in [9.17, 15) is 4.79 Å². The van der Waals surface area contributed by atoms with Crippen molar-refractivity contribution in [1.29, 1.82) is 5.26 Å². The first-order chi connectivity index (χ1) is 13.5. The van der Waals surface area contributed by atoms with E-state index in [1.54, 1.807) is 36.4 Å². The van der Waals surface area contributed by atoms with Gasteiger partial charge in [0.25, 0.3) is 5.91 Å². The number of amides is 1. The maximum Gasteiger partial charge on any atom is 0.269 e. The van der Waals surface area contributed by atoms with Crippen LogP contribution in [-0.4, -0.2) is 15.9 Å². The minimum Gasteiger partial charge on any atom is -0.489 e. The van der Waals surface area contributed by atoms with Gasteiger partial charge < -0.3 is 4.74 Å². The molecule has 0 aliphatic rings. The third-order valence-electron chi connectivity index (χ3n) is 3.90. The number of nitrogens with zero attached hydrogens (tertiary/aromatic N) is 3. The first-order valence-electron chi connectivity index (χ1n) is 8.64. The average Bonchev–Trinajstić information content (AvgIpc) is 2.70. The molecule has 3 rings (SSSR count). The van der Waals surface area contributed by atoms with Crippen LogP contribution in [0.2, 0.25) is 0 Å². The fourth-order valence-corrected chi connectivity index (χ4v) is 2.61. The third-order valence-corrected chi connectivity index (χ3v) is 3.90. The Hall–Kier alpha value is -3.92. The minimum atomic E-state index is -0.342. The number of anilines is 1. The number of aromatic nitrogens is 2. The fourth-order valence-electron chi connectivity index (χ4n) is 2.61. The molecular weight excluding hydrogens is 354 g/mol. The van der Waals surface area contributed by atoms with Crippen LogP contribution >= 0.6 is 0 Å². The minimum absolute atomic E-state index is 0.240. The summed E-state index contributed by atoms with van der Waals surface area (Å²) in [4.78, 5) is 20.8. The Kier molecular flexibility index (Phi) is 5.82. The number of hydrogen-bond acceptors (Lipinski definition) is 6. The standard InChI is InChI=1S/C21H19N5O2/c1-14-10-15(2)24-21(23-14)26-25-20(27)16-8-5-9-19(11-16)28-13-18-7-4-3-6-17(18)12-22/h3-11H,13H2,1-2H3,(H,25,27)(H,23,24,26). The Balaban J connectivity index is 1.63. The lowest BCUT2D eigenvalue weighted by atomic mass is 10.1. The Bertz CT molecular complexity index is 1020. The first kappa shape index (κ1) is 18.9. The number of hydrazine groups is 1. The quantitative estimate of drug-likeness (QED) is 0.643. The number of nitriles is 1. The highest BCUT2D eigenvalue weighted by Crippen LogP contribution is 2.17. The summed E-state index contributed by atoms with van der Waals surface area (Å²) in [6.45, 7) is 3.95. The number of carbonyl (C=O) groups excluding carboxylic acids is 1. The molecule has 0 atom stereocenters. The van der Waals surface area contributed by atoms with Gasteiger partial charge in [0.05, 0.1) is 11.6 Å². The second kappa shape index (κ2) is 8.64. The van der Waals surface area contributed by atoms with E-state index in [0.717, 1.165) is 17.0 Å². The van der Waals surface area contributed by atoms with E-state index in [1.165, 1.54) is 0 Å². The lowest BCUT2D eigenvalue weighted by Crippen LogP contribution is -2.30. The van der Waals surface area contributed by atoms with Crippen LogP contribution in [0.5, 0.6) is 5.75 Å². The van der Waals surface area contributed by atoms with Crippen LogP contribution in [0.1, 0.15) is 32.9 Å². The van der Waals surface area contributed by atoms with Gasteiger partial charge in [-0.25, -0.2) is 9.97 Å². The topological polar surface area (TPSA) is 99.9 Å². The van der Waals surface area contributed by atoms with Crippen molar-refractivity contribution < 1.29 is 9.53 Å². The highest BCUT2D eigenvalue weighted by Gasteiger charge is 2.08. The highest BCUT2D eigenvalue weighted by atomic mass is 16.5. The number of ether oxygens (including phenoxy) is 1. The second-order valence-electron chi connectivity index (χ2n) is 6.14. The van der Waals surface area contributed by atoms with Gasteiger partial charge in [-0.15, -0.1) is 0 Å².